The Kier molecular flexibility index (Phi) is 1.62. The monoisotopic (exact) mass is 179 g/mol. The Morgan fingerprint density at radius 3 is 2.67 bits per heavy atom. The Morgan fingerprint density at radius 2 is 1.83 bits per heavy atom. The van der Waals surface area contributed by atoms with E-state index in [0.29, 0.717) is 5.52 Å². The number of aromatic nitrogens is 1. The van der Waals surface area contributed by atoms with Crippen LogP contribution >= 0.6 is 11.6 Å². The highest BCUT2D eigenvalue weighted by Crippen LogP contribution is 2.11. The molecule has 60 valence electrons. The van der Waals surface area contributed by atoms with Gasteiger partial charge in [0.1, 0.15) is 0 Å². The van der Waals surface area contributed by atoms with Crippen LogP contribution < -0.4 is 4.73 Å². The molecule has 0 atom stereocenters. The Morgan fingerprint density at radius 1 is 1.08 bits per heavy atom. The maximum atomic E-state index is 11.3. The topological polar surface area (TPSA) is 26.9 Å². The minimum absolute atomic E-state index is 0.203. The van der Waals surface area contributed by atoms with E-state index in [2.05, 4.69) is 0 Å². The van der Waals surface area contributed by atoms with Gasteiger partial charge in [0.2, 0.25) is 5.52 Å². The molecular formula is C9H6ClNO. The van der Waals surface area contributed by atoms with Crippen LogP contribution in [0, 0.1) is 5.21 Å². The number of pyridine rings is 1. The Bertz CT molecular complexity index is 428. The predicted octanol–water partition coefficient (Wildman–Crippen LogP) is 2.13. The average Bonchev–Trinajstić information content (AvgIpc) is 2.12. The van der Waals surface area contributed by atoms with Crippen molar-refractivity contribution in [2.45, 2.75) is 0 Å². The minimum atomic E-state index is 0.203. The number of nitrogens with zero attached hydrogens (tertiary/aromatic N) is 1. The van der Waals surface area contributed by atoms with Gasteiger partial charge in [-0.25, -0.2) is 0 Å². The maximum Gasteiger partial charge on any atom is 0.286 e. The van der Waals surface area contributed by atoms with Crippen LogP contribution in [0.1, 0.15) is 0 Å². The lowest BCUT2D eigenvalue weighted by atomic mass is 10.2. The highest BCUT2D eigenvalue weighted by molar-refractivity contribution is 6.28. The van der Waals surface area contributed by atoms with E-state index in [0.717, 1.165) is 10.1 Å². The lowest BCUT2D eigenvalue weighted by molar-refractivity contribution is -0.574. The summed E-state index contributed by atoms with van der Waals surface area (Å²) in [6.45, 7) is 0. The van der Waals surface area contributed by atoms with Crippen molar-refractivity contribution in [1.82, 2.24) is 0 Å². The average molecular weight is 180 g/mol. The molecule has 1 aromatic carbocycles. The maximum absolute atomic E-state index is 11.3. The first-order valence-electron chi connectivity index (χ1n) is 3.56. The molecule has 0 spiro atoms. The highest BCUT2D eigenvalue weighted by Gasteiger charge is 2.05. The van der Waals surface area contributed by atoms with Crippen LogP contribution in [0.3, 0.4) is 0 Å². The van der Waals surface area contributed by atoms with Crippen LogP contribution in [0.2, 0.25) is 5.15 Å². The zero-order chi connectivity index (χ0) is 8.55. The fourth-order valence-electron chi connectivity index (χ4n) is 1.15. The second-order valence-corrected chi connectivity index (χ2v) is 2.90. The normalized spacial score (nSPS) is 10.4. The van der Waals surface area contributed by atoms with Crippen LogP contribution in [0.15, 0.2) is 36.4 Å². The number of benzene rings is 1. The fourth-order valence-corrected chi connectivity index (χ4v) is 1.31. The van der Waals surface area contributed by atoms with Crippen molar-refractivity contribution in [1.29, 1.82) is 0 Å². The molecule has 0 amide bonds. The van der Waals surface area contributed by atoms with Crippen molar-refractivity contribution >= 4 is 22.5 Å². The molecule has 0 aliphatic rings. The summed E-state index contributed by atoms with van der Waals surface area (Å²) in [6.07, 6.45) is 0. The summed E-state index contributed by atoms with van der Waals surface area (Å²) in [5, 5.41) is 12.4. The van der Waals surface area contributed by atoms with Crippen LogP contribution in [-0.2, 0) is 0 Å². The third-order valence-corrected chi connectivity index (χ3v) is 2.03. The standard InChI is InChI=1S/C9H6ClNO/c10-9-6-5-7-3-1-2-4-8(7)11(9)12/h1-6H. The first kappa shape index (κ1) is 7.37. The molecule has 0 saturated carbocycles. The summed E-state index contributed by atoms with van der Waals surface area (Å²) < 4.78 is 0.719. The van der Waals surface area contributed by atoms with Gasteiger partial charge in [0, 0.05) is 17.5 Å². The van der Waals surface area contributed by atoms with Gasteiger partial charge in [-0.1, -0.05) is 12.1 Å². The fraction of sp³-hybridized carbons (Fsp3) is 0. The SMILES string of the molecule is [O-][n+]1c(Cl)ccc2ccccc21. The Hall–Kier alpha value is -1.28. The van der Waals surface area contributed by atoms with E-state index < -0.39 is 0 Å². The van der Waals surface area contributed by atoms with Crippen molar-refractivity contribution in [2.24, 2.45) is 0 Å². The van der Waals surface area contributed by atoms with Crippen molar-refractivity contribution in [3.8, 4) is 0 Å². The Balaban J connectivity index is 2.91. The molecule has 2 aromatic rings. The molecule has 2 rings (SSSR count). The molecule has 0 fully saturated rings. The summed E-state index contributed by atoms with van der Waals surface area (Å²) in [5.74, 6) is 0. The molecular weight excluding hydrogens is 174 g/mol. The van der Waals surface area contributed by atoms with Gasteiger partial charge in [-0.15, -0.1) is 0 Å². The molecule has 0 aliphatic heterocycles. The largest absolute Gasteiger partial charge is 0.617 e. The van der Waals surface area contributed by atoms with E-state index in [1.165, 1.54) is 0 Å². The number of fused-ring (bicyclic) bond motifs is 1. The van der Waals surface area contributed by atoms with E-state index in [1.807, 2.05) is 24.3 Å². The summed E-state index contributed by atoms with van der Waals surface area (Å²) in [5.41, 5.74) is 0.602. The summed E-state index contributed by atoms with van der Waals surface area (Å²) in [4.78, 5) is 0. The molecule has 1 heterocycles. The summed E-state index contributed by atoms with van der Waals surface area (Å²) in [6, 6.07) is 10.7. The first-order chi connectivity index (χ1) is 5.79. The van der Waals surface area contributed by atoms with E-state index in [1.54, 1.807) is 12.1 Å². The molecule has 2 nitrogen and oxygen atoms in total. The van der Waals surface area contributed by atoms with Crippen molar-refractivity contribution in [3.63, 3.8) is 0 Å². The molecule has 3 heteroatoms. The van der Waals surface area contributed by atoms with Gasteiger partial charge in [0.15, 0.2) is 0 Å². The number of rotatable bonds is 0. The number of hydrogen-bond acceptors (Lipinski definition) is 1. The molecule has 0 bridgehead atoms. The van der Waals surface area contributed by atoms with Crippen LogP contribution in [0.4, 0.5) is 0 Å². The van der Waals surface area contributed by atoms with Crippen molar-refractivity contribution < 1.29 is 4.73 Å². The van der Waals surface area contributed by atoms with Gasteiger partial charge in [-0.3, -0.25) is 0 Å². The quantitative estimate of drug-likeness (QED) is 0.346. The summed E-state index contributed by atoms with van der Waals surface area (Å²) >= 11 is 5.64. The van der Waals surface area contributed by atoms with E-state index in [9.17, 15) is 5.21 Å². The molecule has 0 radical (unpaired) electrons. The van der Waals surface area contributed by atoms with Gasteiger partial charge in [0.25, 0.3) is 5.15 Å². The third kappa shape index (κ3) is 1.01. The lowest BCUT2D eigenvalue weighted by Gasteiger charge is -2.01. The van der Waals surface area contributed by atoms with E-state index >= 15 is 0 Å². The summed E-state index contributed by atoms with van der Waals surface area (Å²) in [7, 11) is 0. The van der Waals surface area contributed by atoms with Crippen molar-refractivity contribution in [2.75, 3.05) is 0 Å². The first-order valence-corrected chi connectivity index (χ1v) is 3.93. The number of para-hydroxylation sites is 1. The highest BCUT2D eigenvalue weighted by atomic mass is 35.5. The minimum Gasteiger partial charge on any atom is -0.617 e. The van der Waals surface area contributed by atoms with E-state index in [4.69, 9.17) is 11.6 Å². The second-order valence-electron chi connectivity index (χ2n) is 2.51. The van der Waals surface area contributed by atoms with E-state index in [-0.39, 0.29) is 5.15 Å². The number of hydrogen-bond donors (Lipinski definition) is 0. The van der Waals surface area contributed by atoms with Gasteiger partial charge in [-0.2, -0.15) is 4.73 Å². The van der Waals surface area contributed by atoms with Gasteiger partial charge < -0.3 is 5.21 Å². The van der Waals surface area contributed by atoms with Crippen LogP contribution in [-0.4, -0.2) is 0 Å². The molecule has 1 aromatic heterocycles. The molecule has 0 saturated heterocycles. The van der Waals surface area contributed by atoms with Crippen molar-refractivity contribution in [3.05, 3.63) is 46.8 Å². The number of halogens is 1. The van der Waals surface area contributed by atoms with Gasteiger partial charge in [0.05, 0.1) is 0 Å². The zero-order valence-corrected chi connectivity index (χ0v) is 6.95. The third-order valence-electron chi connectivity index (χ3n) is 1.75. The lowest BCUT2D eigenvalue weighted by Crippen LogP contribution is -2.28. The molecule has 0 unspecified atom stereocenters. The smallest absolute Gasteiger partial charge is 0.286 e. The molecule has 12 heavy (non-hydrogen) atoms. The van der Waals surface area contributed by atoms with Gasteiger partial charge >= 0.3 is 0 Å². The Labute approximate surface area is 74.6 Å². The van der Waals surface area contributed by atoms with Gasteiger partial charge in [-0.05, 0) is 23.7 Å². The molecule has 0 N–H and O–H groups in total. The van der Waals surface area contributed by atoms with Crippen LogP contribution in [0.25, 0.3) is 10.9 Å². The zero-order valence-electron chi connectivity index (χ0n) is 6.20. The predicted molar refractivity (Wildman–Crippen MR) is 47.9 cm³/mol. The van der Waals surface area contributed by atoms with Crippen LogP contribution in [0.5, 0.6) is 0 Å². The second kappa shape index (κ2) is 2.64. The molecule has 0 aliphatic carbocycles.